The van der Waals surface area contributed by atoms with Gasteiger partial charge in [0, 0.05) is 11.6 Å². The van der Waals surface area contributed by atoms with Crippen LogP contribution < -0.4 is 5.32 Å². The Labute approximate surface area is 122 Å². The Bertz CT molecular complexity index is 722. The standard InChI is InChI=1S/C15H16N4S/c1-3-16-14(15-10(2)18-19-20-15)12-6-7-13-11(9-12)5-4-8-17-13/h4-9,14,16H,3H2,1-2H3. The van der Waals surface area contributed by atoms with E-state index in [-0.39, 0.29) is 6.04 Å². The zero-order chi connectivity index (χ0) is 13.9. The van der Waals surface area contributed by atoms with Crippen molar-refractivity contribution >= 4 is 22.4 Å². The molecule has 0 aliphatic heterocycles. The van der Waals surface area contributed by atoms with Crippen molar-refractivity contribution in [3.63, 3.8) is 0 Å². The van der Waals surface area contributed by atoms with Gasteiger partial charge in [-0.3, -0.25) is 4.98 Å². The molecule has 0 fully saturated rings. The van der Waals surface area contributed by atoms with Crippen LogP contribution in [0.5, 0.6) is 0 Å². The highest BCUT2D eigenvalue weighted by Gasteiger charge is 2.18. The number of pyridine rings is 1. The molecule has 1 unspecified atom stereocenters. The average molecular weight is 284 g/mol. The lowest BCUT2D eigenvalue weighted by Crippen LogP contribution is -2.21. The van der Waals surface area contributed by atoms with Gasteiger partial charge in [-0.25, -0.2) is 0 Å². The maximum Gasteiger partial charge on any atom is 0.0776 e. The van der Waals surface area contributed by atoms with Gasteiger partial charge in [0.05, 0.1) is 22.1 Å². The molecule has 5 heteroatoms. The van der Waals surface area contributed by atoms with Crippen molar-refractivity contribution in [3.8, 4) is 0 Å². The Balaban J connectivity index is 2.07. The van der Waals surface area contributed by atoms with Crippen molar-refractivity contribution in [2.75, 3.05) is 6.54 Å². The molecule has 0 spiro atoms. The van der Waals surface area contributed by atoms with Gasteiger partial charge in [-0.2, -0.15) is 0 Å². The SMILES string of the molecule is CCNC(c1ccc2ncccc2c1)c1snnc1C. The van der Waals surface area contributed by atoms with Gasteiger partial charge in [-0.1, -0.05) is 23.5 Å². The Morgan fingerprint density at radius 3 is 2.95 bits per heavy atom. The smallest absolute Gasteiger partial charge is 0.0776 e. The predicted molar refractivity (Wildman–Crippen MR) is 81.9 cm³/mol. The number of hydrogen-bond acceptors (Lipinski definition) is 5. The summed E-state index contributed by atoms with van der Waals surface area (Å²) in [7, 11) is 0. The number of fused-ring (bicyclic) bond motifs is 1. The Kier molecular flexibility index (Phi) is 3.71. The lowest BCUT2D eigenvalue weighted by atomic mass is 10.0. The zero-order valence-electron chi connectivity index (χ0n) is 11.5. The third kappa shape index (κ3) is 2.42. The van der Waals surface area contributed by atoms with Crippen LogP contribution in [0.15, 0.2) is 36.5 Å². The summed E-state index contributed by atoms with van der Waals surface area (Å²) in [6.45, 7) is 5.01. The van der Waals surface area contributed by atoms with Crippen LogP contribution in [0.3, 0.4) is 0 Å². The molecule has 4 nitrogen and oxygen atoms in total. The van der Waals surface area contributed by atoms with Crippen molar-refractivity contribution in [2.24, 2.45) is 0 Å². The predicted octanol–water partition coefficient (Wildman–Crippen LogP) is 3.09. The van der Waals surface area contributed by atoms with E-state index in [0.29, 0.717) is 0 Å². The second kappa shape index (κ2) is 5.64. The molecule has 1 aromatic carbocycles. The van der Waals surface area contributed by atoms with Crippen LogP contribution in [0.2, 0.25) is 0 Å². The number of benzene rings is 1. The van der Waals surface area contributed by atoms with Gasteiger partial charge in [0.2, 0.25) is 0 Å². The highest BCUT2D eigenvalue weighted by molar-refractivity contribution is 7.05. The van der Waals surface area contributed by atoms with E-state index >= 15 is 0 Å². The molecule has 0 aliphatic rings. The molecule has 2 heterocycles. The van der Waals surface area contributed by atoms with Gasteiger partial charge in [0.15, 0.2) is 0 Å². The summed E-state index contributed by atoms with van der Waals surface area (Å²) in [6.07, 6.45) is 1.82. The molecule has 0 saturated heterocycles. The number of rotatable bonds is 4. The molecular weight excluding hydrogens is 268 g/mol. The van der Waals surface area contributed by atoms with E-state index < -0.39 is 0 Å². The fourth-order valence-corrected chi connectivity index (χ4v) is 3.09. The fourth-order valence-electron chi connectivity index (χ4n) is 2.34. The minimum Gasteiger partial charge on any atom is -0.306 e. The Morgan fingerprint density at radius 2 is 2.20 bits per heavy atom. The van der Waals surface area contributed by atoms with Crippen LogP contribution in [-0.2, 0) is 0 Å². The van der Waals surface area contributed by atoms with Gasteiger partial charge in [-0.15, -0.1) is 5.10 Å². The average Bonchev–Trinajstić information content (AvgIpc) is 2.90. The summed E-state index contributed by atoms with van der Waals surface area (Å²) >= 11 is 1.46. The minimum atomic E-state index is 0.143. The summed E-state index contributed by atoms with van der Waals surface area (Å²) in [5.41, 5.74) is 3.24. The van der Waals surface area contributed by atoms with Gasteiger partial charge < -0.3 is 5.32 Å². The van der Waals surface area contributed by atoms with E-state index in [4.69, 9.17) is 0 Å². The third-order valence-corrected chi connectivity index (χ3v) is 4.21. The van der Waals surface area contributed by atoms with Crippen molar-refractivity contribution in [1.82, 2.24) is 19.9 Å². The van der Waals surface area contributed by atoms with Gasteiger partial charge >= 0.3 is 0 Å². The largest absolute Gasteiger partial charge is 0.306 e. The number of nitrogens with one attached hydrogen (secondary N) is 1. The first-order chi connectivity index (χ1) is 9.79. The maximum atomic E-state index is 4.37. The number of aryl methyl sites for hydroxylation is 1. The highest BCUT2D eigenvalue weighted by Crippen LogP contribution is 2.28. The molecule has 3 rings (SSSR count). The summed E-state index contributed by atoms with van der Waals surface area (Å²) in [5, 5.41) is 8.80. The van der Waals surface area contributed by atoms with E-state index in [1.165, 1.54) is 22.0 Å². The normalized spacial score (nSPS) is 12.7. The van der Waals surface area contributed by atoms with Crippen LogP contribution in [0.4, 0.5) is 0 Å². The fraction of sp³-hybridized carbons (Fsp3) is 0.267. The van der Waals surface area contributed by atoms with Crippen molar-refractivity contribution in [3.05, 3.63) is 52.7 Å². The molecule has 0 radical (unpaired) electrons. The van der Waals surface area contributed by atoms with E-state index in [2.05, 4.69) is 51.1 Å². The molecule has 20 heavy (non-hydrogen) atoms. The molecule has 0 aliphatic carbocycles. The number of nitrogens with zero attached hydrogens (tertiary/aromatic N) is 3. The quantitative estimate of drug-likeness (QED) is 0.800. The first kappa shape index (κ1) is 13.1. The van der Waals surface area contributed by atoms with Gasteiger partial charge in [-0.05, 0) is 48.8 Å². The molecule has 0 amide bonds. The van der Waals surface area contributed by atoms with Crippen molar-refractivity contribution < 1.29 is 0 Å². The second-order valence-corrected chi connectivity index (χ2v) is 5.45. The van der Waals surface area contributed by atoms with Crippen molar-refractivity contribution in [2.45, 2.75) is 19.9 Å². The zero-order valence-corrected chi connectivity index (χ0v) is 12.3. The third-order valence-electron chi connectivity index (χ3n) is 3.32. The number of hydrogen-bond donors (Lipinski definition) is 1. The van der Waals surface area contributed by atoms with Crippen LogP contribution in [-0.4, -0.2) is 21.1 Å². The van der Waals surface area contributed by atoms with Crippen LogP contribution in [0.1, 0.15) is 29.1 Å². The van der Waals surface area contributed by atoms with E-state index in [9.17, 15) is 0 Å². The van der Waals surface area contributed by atoms with E-state index in [1.54, 1.807) is 0 Å². The first-order valence-corrected chi connectivity index (χ1v) is 7.44. The molecule has 1 N–H and O–H groups in total. The summed E-state index contributed by atoms with van der Waals surface area (Å²) in [4.78, 5) is 5.54. The molecular formula is C15H16N4S. The van der Waals surface area contributed by atoms with Crippen molar-refractivity contribution in [1.29, 1.82) is 0 Å². The maximum absolute atomic E-state index is 4.37. The Hall–Kier alpha value is -1.85. The lowest BCUT2D eigenvalue weighted by molar-refractivity contribution is 0.636. The molecule has 0 bridgehead atoms. The summed E-state index contributed by atoms with van der Waals surface area (Å²) in [5.74, 6) is 0. The number of aromatic nitrogens is 3. The van der Waals surface area contributed by atoms with Crippen LogP contribution >= 0.6 is 11.5 Å². The Morgan fingerprint density at radius 1 is 1.30 bits per heavy atom. The second-order valence-electron chi connectivity index (χ2n) is 4.67. The monoisotopic (exact) mass is 284 g/mol. The van der Waals surface area contributed by atoms with E-state index in [0.717, 1.165) is 23.1 Å². The molecule has 3 aromatic rings. The van der Waals surface area contributed by atoms with Crippen LogP contribution in [0.25, 0.3) is 10.9 Å². The summed E-state index contributed by atoms with van der Waals surface area (Å²) < 4.78 is 4.05. The molecule has 1 atom stereocenters. The molecule has 102 valence electrons. The molecule has 0 saturated carbocycles. The van der Waals surface area contributed by atoms with Gasteiger partial charge in [0.25, 0.3) is 0 Å². The summed E-state index contributed by atoms with van der Waals surface area (Å²) in [6, 6.07) is 10.6. The van der Waals surface area contributed by atoms with Crippen LogP contribution in [0, 0.1) is 6.92 Å². The lowest BCUT2D eigenvalue weighted by Gasteiger charge is -2.17. The van der Waals surface area contributed by atoms with Gasteiger partial charge in [0.1, 0.15) is 0 Å². The minimum absolute atomic E-state index is 0.143. The molecule has 2 aromatic heterocycles. The van der Waals surface area contributed by atoms with E-state index in [1.807, 2.05) is 19.2 Å². The highest BCUT2D eigenvalue weighted by atomic mass is 32.1. The topological polar surface area (TPSA) is 50.7 Å². The first-order valence-electron chi connectivity index (χ1n) is 6.66.